The number of hydrogen-bond acceptors (Lipinski definition) is 1. The van der Waals surface area contributed by atoms with Gasteiger partial charge in [-0.2, -0.15) is 0 Å². The molecular formula is C13H18FN. The van der Waals surface area contributed by atoms with Crippen molar-refractivity contribution in [2.24, 2.45) is 0 Å². The van der Waals surface area contributed by atoms with Crippen LogP contribution in [0.4, 0.5) is 4.39 Å². The number of benzene rings is 1. The van der Waals surface area contributed by atoms with Gasteiger partial charge in [0.25, 0.3) is 0 Å². The standard InChI is InChI=1S/C13H18FN/c1-4-10(2)15-11(3)8-12-6-5-7-13(14)9-12/h4-7,9-11,15H,1,8H2,2-3H3. The molecule has 0 bridgehead atoms. The Bertz CT molecular complexity index is 322. The third-order valence-corrected chi connectivity index (χ3v) is 2.33. The van der Waals surface area contributed by atoms with Gasteiger partial charge in [-0.1, -0.05) is 18.2 Å². The minimum Gasteiger partial charge on any atom is -0.308 e. The van der Waals surface area contributed by atoms with E-state index in [4.69, 9.17) is 0 Å². The van der Waals surface area contributed by atoms with Gasteiger partial charge in [-0.15, -0.1) is 6.58 Å². The molecule has 1 N–H and O–H groups in total. The summed E-state index contributed by atoms with van der Waals surface area (Å²) in [7, 11) is 0. The summed E-state index contributed by atoms with van der Waals surface area (Å²) in [6.07, 6.45) is 2.69. The average Bonchev–Trinajstić information content (AvgIpc) is 2.17. The molecule has 0 saturated heterocycles. The van der Waals surface area contributed by atoms with E-state index in [0.29, 0.717) is 6.04 Å². The second-order valence-electron chi connectivity index (χ2n) is 3.93. The Labute approximate surface area is 91.0 Å². The topological polar surface area (TPSA) is 12.0 Å². The van der Waals surface area contributed by atoms with E-state index in [1.54, 1.807) is 12.1 Å². The van der Waals surface area contributed by atoms with E-state index in [1.807, 2.05) is 12.1 Å². The van der Waals surface area contributed by atoms with Crippen LogP contribution in [-0.4, -0.2) is 12.1 Å². The molecule has 15 heavy (non-hydrogen) atoms. The summed E-state index contributed by atoms with van der Waals surface area (Å²) in [4.78, 5) is 0. The molecule has 1 rings (SSSR count). The fourth-order valence-electron chi connectivity index (χ4n) is 1.59. The molecule has 0 radical (unpaired) electrons. The number of halogens is 1. The average molecular weight is 207 g/mol. The van der Waals surface area contributed by atoms with Crippen LogP contribution in [0.2, 0.25) is 0 Å². The summed E-state index contributed by atoms with van der Waals surface area (Å²) in [5, 5.41) is 3.36. The Morgan fingerprint density at radius 3 is 2.80 bits per heavy atom. The van der Waals surface area contributed by atoms with Crippen LogP contribution in [0, 0.1) is 5.82 Å². The molecule has 0 aromatic heterocycles. The Morgan fingerprint density at radius 2 is 2.20 bits per heavy atom. The highest BCUT2D eigenvalue weighted by molar-refractivity contribution is 5.17. The molecule has 1 aromatic carbocycles. The van der Waals surface area contributed by atoms with E-state index < -0.39 is 0 Å². The zero-order valence-corrected chi connectivity index (χ0v) is 9.33. The number of rotatable bonds is 5. The number of nitrogens with one attached hydrogen (secondary N) is 1. The summed E-state index contributed by atoms with van der Waals surface area (Å²) in [6, 6.07) is 7.34. The molecule has 2 unspecified atom stereocenters. The van der Waals surface area contributed by atoms with Gasteiger partial charge >= 0.3 is 0 Å². The molecule has 0 fully saturated rings. The molecule has 0 saturated carbocycles. The molecule has 1 nitrogen and oxygen atoms in total. The van der Waals surface area contributed by atoms with Crippen molar-refractivity contribution in [3.8, 4) is 0 Å². The fourth-order valence-corrected chi connectivity index (χ4v) is 1.59. The predicted octanol–water partition coefficient (Wildman–Crippen LogP) is 2.92. The van der Waals surface area contributed by atoms with Crippen LogP contribution in [0.3, 0.4) is 0 Å². The lowest BCUT2D eigenvalue weighted by Gasteiger charge is -2.17. The molecule has 0 aliphatic rings. The Hall–Kier alpha value is -1.15. The molecular weight excluding hydrogens is 189 g/mol. The quantitative estimate of drug-likeness (QED) is 0.732. The molecule has 0 spiro atoms. The highest BCUT2D eigenvalue weighted by atomic mass is 19.1. The lowest BCUT2D eigenvalue weighted by atomic mass is 10.1. The maximum atomic E-state index is 12.9. The second kappa shape index (κ2) is 5.66. The van der Waals surface area contributed by atoms with Gasteiger partial charge in [0.05, 0.1) is 0 Å². The third kappa shape index (κ3) is 4.26. The van der Waals surface area contributed by atoms with Crippen molar-refractivity contribution in [2.75, 3.05) is 0 Å². The summed E-state index contributed by atoms with van der Waals surface area (Å²) < 4.78 is 12.9. The Balaban J connectivity index is 2.50. The first-order chi connectivity index (χ1) is 7.11. The smallest absolute Gasteiger partial charge is 0.123 e. The maximum Gasteiger partial charge on any atom is 0.123 e. The highest BCUT2D eigenvalue weighted by Gasteiger charge is 2.05. The van der Waals surface area contributed by atoms with E-state index in [0.717, 1.165) is 12.0 Å². The van der Waals surface area contributed by atoms with Crippen molar-refractivity contribution >= 4 is 0 Å². The summed E-state index contributed by atoms with van der Waals surface area (Å²) in [5.41, 5.74) is 1.02. The lowest BCUT2D eigenvalue weighted by molar-refractivity contribution is 0.512. The summed E-state index contributed by atoms with van der Waals surface area (Å²) >= 11 is 0. The van der Waals surface area contributed by atoms with Crippen molar-refractivity contribution in [2.45, 2.75) is 32.4 Å². The van der Waals surface area contributed by atoms with Crippen molar-refractivity contribution in [3.63, 3.8) is 0 Å². The molecule has 0 amide bonds. The van der Waals surface area contributed by atoms with Crippen LogP contribution >= 0.6 is 0 Å². The lowest BCUT2D eigenvalue weighted by Crippen LogP contribution is -2.34. The van der Waals surface area contributed by atoms with Crippen LogP contribution in [0.25, 0.3) is 0 Å². The normalized spacial score (nSPS) is 14.6. The van der Waals surface area contributed by atoms with Gasteiger partial charge in [0.15, 0.2) is 0 Å². The molecule has 2 atom stereocenters. The third-order valence-electron chi connectivity index (χ3n) is 2.33. The minimum absolute atomic E-state index is 0.170. The monoisotopic (exact) mass is 207 g/mol. The minimum atomic E-state index is -0.170. The second-order valence-corrected chi connectivity index (χ2v) is 3.93. The zero-order chi connectivity index (χ0) is 11.3. The first kappa shape index (κ1) is 11.9. The number of hydrogen-bond donors (Lipinski definition) is 1. The van der Waals surface area contributed by atoms with Crippen LogP contribution in [0.5, 0.6) is 0 Å². The van der Waals surface area contributed by atoms with Crippen LogP contribution < -0.4 is 5.32 Å². The molecule has 0 aliphatic carbocycles. The van der Waals surface area contributed by atoms with Crippen molar-refractivity contribution in [1.29, 1.82) is 0 Å². The van der Waals surface area contributed by atoms with Crippen LogP contribution in [0.15, 0.2) is 36.9 Å². The van der Waals surface area contributed by atoms with Gasteiger partial charge < -0.3 is 5.32 Å². The highest BCUT2D eigenvalue weighted by Crippen LogP contribution is 2.06. The van der Waals surface area contributed by atoms with Gasteiger partial charge in [-0.25, -0.2) is 4.39 Å². The van der Waals surface area contributed by atoms with Gasteiger partial charge in [-0.3, -0.25) is 0 Å². The Kier molecular flexibility index (Phi) is 4.50. The van der Waals surface area contributed by atoms with Crippen LogP contribution in [-0.2, 0) is 6.42 Å². The molecule has 0 heterocycles. The van der Waals surface area contributed by atoms with E-state index in [1.165, 1.54) is 6.07 Å². The van der Waals surface area contributed by atoms with E-state index in [2.05, 4.69) is 25.7 Å². The molecule has 1 aromatic rings. The maximum absolute atomic E-state index is 12.9. The summed E-state index contributed by atoms with van der Waals surface area (Å²) in [5.74, 6) is -0.170. The van der Waals surface area contributed by atoms with Crippen LogP contribution in [0.1, 0.15) is 19.4 Å². The summed E-state index contributed by atoms with van der Waals surface area (Å²) in [6.45, 7) is 7.85. The van der Waals surface area contributed by atoms with Crippen molar-refractivity contribution < 1.29 is 4.39 Å². The van der Waals surface area contributed by atoms with Gasteiger partial charge in [0.2, 0.25) is 0 Å². The molecule has 82 valence electrons. The van der Waals surface area contributed by atoms with Crippen molar-refractivity contribution in [3.05, 3.63) is 48.3 Å². The van der Waals surface area contributed by atoms with Gasteiger partial charge in [-0.05, 0) is 38.0 Å². The zero-order valence-electron chi connectivity index (χ0n) is 9.33. The Morgan fingerprint density at radius 1 is 1.47 bits per heavy atom. The van der Waals surface area contributed by atoms with Gasteiger partial charge in [0, 0.05) is 12.1 Å². The molecule has 2 heteroatoms. The van der Waals surface area contributed by atoms with Crippen molar-refractivity contribution in [1.82, 2.24) is 5.32 Å². The molecule has 0 aliphatic heterocycles. The predicted molar refractivity (Wildman–Crippen MR) is 62.4 cm³/mol. The van der Waals surface area contributed by atoms with E-state index >= 15 is 0 Å². The van der Waals surface area contributed by atoms with E-state index in [-0.39, 0.29) is 11.9 Å². The SMILES string of the molecule is C=CC(C)NC(C)Cc1cccc(F)c1. The fraction of sp³-hybridized carbons (Fsp3) is 0.385. The largest absolute Gasteiger partial charge is 0.308 e. The first-order valence-electron chi connectivity index (χ1n) is 5.25. The van der Waals surface area contributed by atoms with Gasteiger partial charge in [0.1, 0.15) is 5.82 Å². The van der Waals surface area contributed by atoms with E-state index in [9.17, 15) is 4.39 Å². The first-order valence-corrected chi connectivity index (χ1v) is 5.25.